The molecule has 0 N–H and O–H groups in total. The molecule has 0 unspecified atom stereocenters. The fraction of sp³-hybridized carbons (Fsp3) is 0.304. The van der Waals surface area contributed by atoms with Crippen LogP contribution in [0.5, 0.6) is 0 Å². The molecular formula is C23H23N5OS. The maximum Gasteiger partial charge on any atom is 0.283 e. The van der Waals surface area contributed by atoms with E-state index >= 15 is 0 Å². The summed E-state index contributed by atoms with van der Waals surface area (Å²) in [6, 6.07) is 14.1. The van der Waals surface area contributed by atoms with Crippen molar-refractivity contribution in [1.82, 2.24) is 24.6 Å². The Kier molecular flexibility index (Phi) is 5.27. The SMILES string of the molecule is O=C(c1nc2ccccc2s1)N(CCn1ccc(-c2ccncc2)n1)C1CCCC1. The molecule has 1 aliphatic rings. The molecule has 1 amide bonds. The van der Waals surface area contributed by atoms with Crippen LogP contribution in [-0.2, 0) is 6.54 Å². The standard InChI is InChI=1S/C23H23N5OS/c29-23(22-25-20-7-3-4-8-21(20)30-22)28(18-5-1-2-6-18)16-15-27-14-11-19(26-27)17-9-12-24-13-10-17/h3-4,7-14,18H,1-2,5-6,15-16H2. The summed E-state index contributed by atoms with van der Waals surface area (Å²) in [7, 11) is 0. The van der Waals surface area contributed by atoms with Crippen molar-refractivity contribution in [3.05, 3.63) is 66.1 Å². The van der Waals surface area contributed by atoms with Crippen LogP contribution in [0.2, 0.25) is 0 Å². The maximum absolute atomic E-state index is 13.4. The Labute approximate surface area is 179 Å². The number of hydrogen-bond donors (Lipinski definition) is 0. The predicted molar refractivity (Wildman–Crippen MR) is 118 cm³/mol. The number of carbonyl (C=O) groups is 1. The van der Waals surface area contributed by atoms with Crippen molar-refractivity contribution in [2.24, 2.45) is 0 Å². The van der Waals surface area contributed by atoms with Crippen molar-refractivity contribution in [1.29, 1.82) is 0 Å². The lowest BCUT2D eigenvalue weighted by atomic mass is 10.2. The minimum atomic E-state index is 0.0459. The Bertz CT molecular complexity index is 1110. The van der Waals surface area contributed by atoms with E-state index in [9.17, 15) is 4.79 Å². The molecule has 7 heteroatoms. The number of fused-ring (bicyclic) bond motifs is 1. The monoisotopic (exact) mass is 417 g/mol. The first-order chi connectivity index (χ1) is 14.8. The van der Waals surface area contributed by atoms with Crippen molar-refractivity contribution in [2.75, 3.05) is 6.54 Å². The van der Waals surface area contributed by atoms with Crippen molar-refractivity contribution in [3.63, 3.8) is 0 Å². The lowest BCUT2D eigenvalue weighted by Crippen LogP contribution is -2.41. The highest BCUT2D eigenvalue weighted by atomic mass is 32.1. The highest BCUT2D eigenvalue weighted by molar-refractivity contribution is 7.20. The smallest absolute Gasteiger partial charge is 0.283 e. The summed E-state index contributed by atoms with van der Waals surface area (Å²) in [4.78, 5) is 24.1. The van der Waals surface area contributed by atoms with E-state index < -0.39 is 0 Å². The average molecular weight is 418 g/mol. The van der Waals surface area contributed by atoms with Crippen LogP contribution in [0.3, 0.4) is 0 Å². The fourth-order valence-electron chi connectivity index (χ4n) is 4.13. The molecule has 5 rings (SSSR count). The van der Waals surface area contributed by atoms with Crippen molar-refractivity contribution >= 4 is 27.5 Å². The number of rotatable bonds is 6. The Hall–Kier alpha value is -3.06. The molecule has 0 saturated heterocycles. The molecule has 0 aliphatic heterocycles. The van der Waals surface area contributed by atoms with Gasteiger partial charge in [0.1, 0.15) is 0 Å². The second-order valence-electron chi connectivity index (χ2n) is 7.62. The number of amides is 1. The Balaban J connectivity index is 1.34. The summed E-state index contributed by atoms with van der Waals surface area (Å²) in [6.45, 7) is 1.30. The van der Waals surface area contributed by atoms with Gasteiger partial charge in [-0.25, -0.2) is 4.98 Å². The number of hydrogen-bond acceptors (Lipinski definition) is 5. The molecular weight excluding hydrogens is 394 g/mol. The van der Waals surface area contributed by atoms with Crippen LogP contribution in [0.15, 0.2) is 61.1 Å². The van der Waals surface area contributed by atoms with E-state index in [1.54, 1.807) is 12.4 Å². The molecule has 3 aromatic heterocycles. The van der Waals surface area contributed by atoms with E-state index in [-0.39, 0.29) is 5.91 Å². The number of pyridine rings is 1. The first kappa shape index (κ1) is 18.9. The molecule has 1 saturated carbocycles. The molecule has 1 fully saturated rings. The summed E-state index contributed by atoms with van der Waals surface area (Å²) in [5.41, 5.74) is 2.86. The number of carbonyl (C=O) groups excluding carboxylic acids is 1. The molecule has 152 valence electrons. The highest BCUT2D eigenvalue weighted by Crippen LogP contribution is 2.28. The second-order valence-corrected chi connectivity index (χ2v) is 8.65. The van der Waals surface area contributed by atoms with Crippen LogP contribution in [-0.4, -0.2) is 43.1 Å². The first-order valence-electron chi connectivity index (χ1n) is 10.4. The number of benzene rings is 1. The van der Waals surface area contributed by atoms with Gasteiger partial charge in [0.15, 0.2) is 5.01 Å². The molecule has 30 heavy (non-hydrogen) atoms. The molecule has 0 spiro atoms. The fourth-order valence-corrected chi connectivity index (χ4v) is 5.05. The topological polar surface area (TPSA) is 63.9 Å². The highest BCUT2D eigenvalue weighted by Gasteiger charge is 2.29. The summed E-state index contributed by atoms with van der Waals surface area (Å²) in [5, 5.41) is 5.27. The molecule has 1 aliphatic carbocycles. The van der Waals surface area contributed by atoms with Gasteiger partial charge in [-0.2, -0.15) is 5.10 Å². The zero-order valence-electron chi connectivity index (χ0n) is 16.6. The first-order valence-corrected chi connectivity index (χ1v) is 11.2. The minimum Gasteiger partial charge on any atom is -0.332 e. The van der Waals surface area contributed by atoms with Gasteiger partial charge in [-0.1, -0.05) is 25.0 Å². The molecule has 0 radical (unpaired) electrons. The van der Waals surface area contributed by atoms with Gasteiger partial charge >= 0.3 is 0 Å². The molecule has 3 heterocycles. The molecule has 1 aromatic carbocycles. The van der Waals surface area contributed by atoms with E-state index in [0.29, 0.717) is 24.1 Å². The summed E-state index contributed by atoms with van der Waals surface area (Å²) in [6.07, 6.45) is 10.0. The third-order valence-corrected chi connectivity index (χ3v) is 6.71. The van der Waals surface area contributed by atoms with Crippen molar-refractivity contribution in [3.8, 4) is 11.3 Å². The second kappa shape index (κ2) is 8.36. The summed E-state index contributed by atoms with van der Waals surface area (Å²) in [5.74, 6) is 0.0459. The number of thiazole rings is 1. The number of nitrogens with zero attached hydrogens (tertiary/aromatic N) is 5. The quantitative estimate of drug-likeness (QED) is 0.458. The zero-order chi connectivity index (χ0) is 20.3. The van der Waals surface area contributed by atoms with E-state index in [4.69, 9.17) is 0 Å². The van der Waals surface area contributed by atoms with Gasteiger partial charge in [0.25, 0.3) is 5.91 Å². The Morgan fingerprint density at radius 2 is 1.90 bits per heavy atom. The van der Waals surface area contributed by atoms with Crippen LogP contribution in [0, 0.1) is 0 Å². The normalized spacial score (nSPS) is 14.4. The predicted octanol–water partition coefficient (Wildman–Crippen LogP) is 4.64. The van der Waals surface area contributed by atoms with Crippen molar-refractivity contribution < 1.29 is 4.79 Å². The van der Waals surface area contributed by atoms with Gasteiger partial charge in [0, 0.05) is 36.7 Å². The van der Waals surface area contributed by atoms with Crippen molar-refractivity contribution in [2.45, 2.75) is 38.3 Å². The number of para-hydroxylation sites is 1. The van der Waals surface area contributed by atoms with Gasteiger partial charge in [0.05, 0.1) is 22.5 Å². The summed E-state index contributed by atoms with van der Waals surface area (Å²) >= 11 is 1.48. The summed E-state index contributed by atoms with van der Waals surface area (Å²) < 4.78 is 2.98. The molecule has 4 aromatic rings. The molecule has 6 nitrogen and oxygen atoms in total. The van der Waals surface area contributed by atoms with Gasteiger partial charge in [-0.15, -0.1) is 11.3 Å². The minimum absolute atomic E-state index is 0.0459. The van der Waals surface area contributed by atoms with Crippen LogP contribution >= 0.6 is 11.3 Å². The molecule has 0 bridgehead atoms. The Morgan fingerprint density at radius 1 is 1.10 bits per heavy atom. The van der Waals surface area contributed by atoms with Gasteiger partial charge in [-0.05, 0) is 43.2 Å². The lowest BCUT2D eigenvalue weighted by Gasteiger charge is -2.28. The third-order valence-electron chi connectivity index (χ3n) is 5.69. The Morgan fingerprint density at radius 3 is 2.70 bits per heavy atom. The molecule has 0 atom stereocenters. The number of aromatic nitrogens is 4. The van der Waals surface area contributed by atoms with Crippen LogP contribution in [0.25, 0.3) is 21.5 Å². The van der Waals surface area contributed by atoms with Crippen LogP contribution in [0.1, 0.15) is 35.5 Å². The van der Waals surface area contributed by atoms with Crippen LogP contribution in [0.4, 0.5) is 0 Å². The van der Waals surface area contributed by atoms with Crippen LogP contribution < -0.4 is 0 Å². The lowest BCUT2D eigenvalue weighted by molar-refractivity contribution is 0.0671. The largest absolute Gasteiger partial charge is 0.332 e. The third kappa shape index (κ3) is 3.85. The van der Waals surface area contributed by atoms with E-state index in [1.165, 1.54) is 24.2 Å². The van der Waals surface area contributed by atoms with E-state index in [0.717, 1.165) is 34.3 Å². The maximum atomic E-state index is 13.4. The van der Waals surface area contributed by atoms with Gasteiger partial charge in [0.2, 0.25) is 0 Å². The zero-order valence-corrected chi connectivity index (χ0v) is 17.5. The van der Waals surface area contributed by atoms with E-state index in [1.807, 2.05) is 58.2 Å². The van der Waals surface area contributed by atoms with Gasteiger partial charge < -0.3 is 4.90 Å². The average Bonchev–Trinajstić information content (AvgIpc) is 3.54. The van der Waals surface area contributed by atoms with E-state index in [2.05, 4.69) is 15.1 Å². The van der Waals surface area contributed by atoms with Gasteiger partial charge in [-0.3, -0.25) is 14.5 Å².